The molecule has 0 atom stereocenters. The van der Waals surface area contributed by atoms with E-state index in [9.17, 15) is 10.1 Å². The predicted molar refractivity (Wildman–Crippen MR) is 65.8 cm³/mol. The van der Waals surface area contributed by atoms with Gasteiger partial charge in [0.25, 0.3) is 0 Å². The average molecular weight is 299 g/mol. The number of ether oxygens (including phenoxy) is 1. The van der Waals surface area contributed by atoms with Gasteiger partial charge in [-0.2, -0.15) is 5.26 Å². The van der Waals surface area contributed by atoms with E-state index < -0.39 is 4.92 Å². The number of nitro groups is 1. The molecule has 0 saturated heterocycles. The van der Waals surface area contributed by atoms with Gasteiger partial charge >= 0.3 is 5.69 Å². The summed E-state index contributed by atoms with van der Waals surface area (Å²) >= 11 is 3.17. The molecule has 0 aliphatic rings. The maximum atomic E-state index is 10.8. The molecule has 0 spiro atoms. The van der Waals surface area contributed by atoms with Crippen LogP contribution in [-0.4, -0.2) is 11.5 Å². The fourth-order valence-electron chi connectivity index (χ4n) is 1.24. The van der Waals surface area contributed by atoms with Gasteiger partial charge in [-0.1, -0.05) is 15.9 Å². The number of rotatable bonds is 6. The lowest BCUT2D eigenvalue weighted by molar-refractivity contribution is -0.385. The Labute approximate surface area is 107 Å². The molecule has 1 aromatic rings. The highest BCUT2D eigenvalue weighted by Gasteiger charge is 2.15. The summed E-state index contributed by atoms with van der Waals surface area (Å²) in [4.78, 5) is 10.3. The Kier molecular flexibility index (Phi) is 5.43. The Morgan fingerprint density at radius 3 is 2.88 bits per heavy atom. The Morgan fingerprint density at radius 1 is 1.47 bits per heavy atom. The van der Waals surface area contributed by atoms with Crippen molar-refractivity contribution in [2.45, 2.75) is 19.3 Å². The van der Waals surface area contributed by atoms with Gasteiger partial charge < -0.3 is 4.74 Å². The lowest BCUT2D eigenvalue weighted by Crippen LogP contribution is -2.00. The lowest BCUT2D eigenvalue weighted by Gasteiger charge is -2.06. The smallest absolute Gasteiger partial charge is 0.312 e. The van der Waals surface area contributed by atoms with Crippen LogP contribution in [0.3, 0.4) is 0 Å². The number of unbranched alkanes of at least 4 members (excludes halogenated alkanes) is 2. The second-order valence-corrected chi connectivity index (χ2v) is 4.25. The Hall–Kier alpha value is -1.61. The number of nitrogens with zero attached hydrogens (tertiary/aromatic N) is 2. The van der Waals surface area contributed by atoms with Crippen LogP contribution in [0, 0.1) is 21.4 Å². The standard InChI is InChI=1S/C11H11BrN2O3/c12-9-4-5-11(10(8-9)14(15)16)17-7-3-1-2-6-13/h4-5,8H,1-3,7H2. The lowest BCUT2D eigenvalue weighted by atomic mass is 10.2. The Balaban J connectivity index is 2.59. The minimum absolute atomic E-state index is 0.0559. The SMILES string of the molecule is N#CCCCCOc1ccc(Br)cc1[N+](=O)[O-]. The van der Waals surface area contributed by atoms with Crippen LogP contribution in [0.2, 0.25) is 0 Å². The van der Waals surface area contributed by atoms with Crippen LogP contribution >= 0.6 is 15.9 Å². The van der Waals surface area contributed by atoms with Gasteiger partial charge in [0.2, 0.25) is 0 Å². The van der Waals surface area contributed by atoms with Gasteiger partial charge in [-0.05, 0) is 25.0 Å². The van der Waals surface area contributed by atoms with E-state index in [1.165, 1.54) is 6.07 Å². The second kappa shape index (κ2) is 6.86. The largest absolute Gasteiger partial charge is 0.487 e. The van der Waals surface area contributed by atoms with Crippen LogP contribution in [-0.2, 0) is 0 Å². The average Bonchev–Trinajstić information content (AvgIpc) is 2.30. The molecule has 0 aliphatic carbocycles. The third-order valence-corrected chi connectivity index (χ3v) is 2.55. The van der Waals surface area contributed by atoms with Gasteiger partial charge in [0.1, 0.15) is 0 Å². The maximum absolute atomic E-state index is 10.8. The highest BCUT2D eigenvalue weighted by molar-refractivity contribution is 9.10. The summed E-state index contributed by atoms with van der Waals surface area (Å²) < 4.78 is 5.97. The van der Waals surface area contributed by atoms with E-state index in [2.05, 4.69) is 15.9 Å². The molecule has 0 bridgehead atoms. The van der Waals surface area contributed by atoms with Gasteiger partial charge in [0, 0.05) is 17.0 Å². The van der Waals surface area contributed by atoms with Crippen molar-refractivity contribution in [2.75, 3.05) is 6.61 Å². The molecule has 17 heavy (non-hydrogen) atoms. The molecule has 5 nitrogen and oxygen atoms in total. The maximum Gasteiger partial charge on any atom is 0.312 e. The van der Waals surface area contributed by atoms with Crippen molar-refractivity contribution in [2.24, 2.45) is 0 Å². The molecule has 0 unspecified atom stereocenters. The van der Waals surface area contributed by atoms with Crippen molar-refractivity contribution in [1.29, 1.82) is 5.26 Å². The molecule has 0 N–H and O–H groups in total. The first kappa shape index (κ1) is 13.5. The van der Waals surface area contributed by atoms with Gasteiger partial charge in [0.15, 0.2) is 5.75 Å². The molecule has 0 radical (unpaired) electrons. The van der Waals surface area contributed by atoms with Crippen molar-refractivity contribution < 1.29 is 9.66 Å². The Morgan fingerprint density at radius 2 is 2.24 bits per heavy atom. The molecular weight excluding hydrogens is 288 g/mol. The van der Waals surface area contributed by atoms with Gasteiger partial charge in [-0.15, -0.1) is 0 Å². The molecule has 0 amide bonds. The van der Waals surface area contributed by atoms with E-state index in [-0.39, 0.29) is 11.4 Å². The summed E-state index contributed by atoms with van der Waals surface area (Å²) in [5.41, 5.74) is -0.0559. The summed E-state index contributed by atoms with van der Waals surface area (Å²) in [6, 6.07) is 6.69. The number of hydrogen-bond donors (Lipinski definition) is 0. The van der Waals surface area contributed by atoms with Crippen molar-refractivity contribution in [3.05, 3.63) is 32.8 Å². The molecule has 0 aromatic heterocycles. The summed E-state index contributed by atoms with van der Waals surface area (Å²) in [7, 11) is 0. The van der Waals surface area contributed by atoms with E-state index in [1.54, 1.807) is 12.1 Å². The van der Waals surface area contributed by atoms with E-state index in [4.69, 9.17) is 10.00 Å². The van der Waals surface area contributed by atoms with E-state index in [0.717, 1.165) is 6.42 Å². The van der Waals surface area contributed by atoms with Crippen LogP contribution < -0.4 is 4.74 Å². The van der Waals surface area contributed by atoms with Gasteiger partial charge in [-0.25, -0.2) is 0 Å². The third-order valence-electron chi connectivity index (χ3n) is 2.06. The number of benzene rings is 1. The Bertz CT molecular complexity index is 443. The summed E-state index contributed by atoms with van der Waals surface area (Å²) in [5, 5.41) is 19.1. The topological polar surface area (TPSA) is 76.2 Å². The van der Waals surface area contributed by atoms with Crippen molar-refractivity contribution in [3.8, 4) is 11.8 Å². The summed E-state index contributed by atoms with van der Waals surface area (Å²) in [6.45, 7) is 0.379. The number of hydrogen-bond acceptors (Lipinski definition) is 4. The highest BCUT2D eigenvalue weighted by Crippen LogP contribution is 2.30. The van der Waals surface area contributed by atoms with Crippen molar-refractivity contribution in [3.63, 3.8) is 0 Å². The van der Waals surface area contributed by atoms with E-state index >= 15 is 0 Å². The fraction of sp³-hybridized carbons (Fsp3) is 0.364. The van der Waals surface area contributed by atoms with Crippen LogP contribution in [0.4, 0.5) is 5.69 Å². The molecule has 6 heteroatoms. The molecule has 90 valence electrons. The summed E-state index contributed by atoms with van der Waals surface area (Å²) in [6.07, 6.45) is 1.92. The highest BCUT2D eigenvalue weighted by atomic mass is 79.9. The molecule has 1 aromatic carbocycles. The molecule has 0 fully saturated rings. The minimum atomic E-state index is -0.477. The second-order valence-electron chi connectivity index (χ2n) is 3.33. The zero-order valence-electron chi connectivity index (χ0n) is 9.06. The van der Waals surface area contributed by atoms with Crippen molar-refractivity contribution >= 4 is 21.6 Å². The first-order chi connectivity index (χ1) is 8.15. The van der Waals surface area contributed by atoms with Gasteiger partial charge in [0.05, 0.1) is 17.6 Å². The van der Waals surface area contributed by atoms with E-state index in [1.807, 2.05) is 6.07 Å². The van der Waals surface area contributed by atoms with Crippen LogP contribution in [0.5, 0.6) is 5.75 Å². The van der Waals surface area contributed by atoms with Crippen molar-refractivity contribution in [1.82, 2.24) is 0 Å². The molecule has 0 saturated carbocycles. The number of halogens is 1. The summed E-state index contributed by atoms with van der Waals surface area (Å²) in [5.74, 6) is 0.259. The normalized spacial score (nSPS) is 9.65. The molecular formula is C11H11BrN2O3. The first-order valence-corrected chi connectivity index (χ1v) is 5.88. The van der Waals surface area contributed by atoms with Crippen LogP contribution in [0.15, 0.2) is 22.7 Å². The monoisotopic (exact) mass is 298 g/mol. The van der Waals surface area contributed by atoms with Crippen LogP contribution in [0.25, 0.3) is 0 Å². The molecule has 0 heterocycles. The zero-order valence-corrected chi connectivity index (χ0v) is 10.6. The number of nitro benzene ring substituents is 1. The van der Waals surface area contributed by atoms with Gasteiger partial charge in [-0.3, -0.25) is 10.1 Å². The van der Waals surface area contributed by atoms with E-state index in [0.29, 0.717) is 23.9 Å². The fourth-order valence-corrected chi connectivity index (χ4v) is 1.59. The predicted octanol–water partition coefficient (Wildman–Crippen LogP) is 3.43. The molecule has 1 rings (SSSR count). The molecule has 0 aliphatic heterocycles. The minimum Gasteiger partial charge on any atom is -0.487 e. The van der Waals surface area contributed by atoms with Crippen LogP contribution in [0.1, 0.15) is 19.3 Å². The first-order valence-electron chi connectivity index (χ1n) is 5.09. The zero-order chi connectivity index (χ0) is 12.7. The third kappa shape index (κ3) is 4.41. The quantitative estimate of drug-likeness (QED) is 0.458. The number of nitriles is 1.